The number of benzene rings is 1. The number of hydrogen-bond acceptors (Lipinski definition) is 1. The fourth-order valence-corrected chi connectivity index (χ4v) is 1.81. The van der Waals surface area contributed by atoms with Crippen LogP contribution in [0.1, 0.15) is 16.9 Å². The fourth-order valence-electron chi connectivity index (χ4n) is 1.39. The van der Waals surface area contributed by atoms with E-state index in [-0.39, 0.29) is 5.66 Å². The van der Waals surface area contributed by atoms with E-state index in [1.807, 2.05) is 30.5 Å². The summed E-state index contributed by atoms with van der Waals surface area (Å²) >= 11 is 0. The first-order chi connectivity index (χ1) is 6.88. The van der Waals surface area contributed by atoms with Crippen molar-refractivity contribution in [1.82, 2.24) is 4.98 Å². The van der Waals surface area contributed by atoms with Gasteiger partial charge in [0.25, 0.3) is 0 Å². The van der Waals surface area contributed by atoms with Crippen molar-refractivity contribution in [2.45, 2.75) is 5.66 Å². The molecule has 0 saturated heterocycles. The second-order valence-corrected chi connectivity index (χ2v) is 3.81. The van der Waals surface area contributed by atoms with E-state index in [1.165, 1.54) is 5.56 Å². The Balaban J connectivity index is 2.30. The SMILES string of the molecule is PC(c1ccccc1)c1ccccn1. The summed E-state index contributed by atoms with van der Waals surface area (Å²) in [4.78, 5) is 4.33. The van der Waals surface area contributed by atoms with E-state index in [9.17, 15) is 0 Å². The van der Waals surface area contributed by atoms with E-state index in [1.54, 1.807) is 0 Å². The molecule has 2 aromatic rings. The molecule has 14 heavy (non-hydrogen) atoms. The molecule has 0 aliphatic heterocycles. The highest BCUT2D eigenvalue weighted by atomic mass is 31.0. The molecular weight excluding hydrogens is 189 g/mol. The van der Waals surface area contributed by atoms with Crippen LogP contribution in [0.4, 0.5) is 0 Å². The molecule has 0 aliphatic carbocycles. The summed E-state index contributed by atoms with van der Waals surface area (Å²) in [5, 5.41) is 0. The summed E-state index contributed by atoms with van der Waals surface area (Å²) in [5.41, 5.74) is 2.65. The number of rotatable bonds is 2. The second-order valence-electron chi connectivity index (χ2n) is 3.14. The van der Waals surface area contributed by atoms with Crippen LogP contribution in [-0.2, 0) is 0 Å². The Hall–Kier alpha value is -1.20. The van der Waals surface area contributed by atoms with Gasteiger partial charge >= 0.3 is 0 Å². The van der Waals surface area contributed by atoms with Crippen LogP contribution >= 0.6 is 9.24 Å². The minimum absolute atomic E-state index is 0.289. The third kappa shape index (κ3) is 2.00. The van der Waals surface area contributed by atoms with Crippen LogP contribution in [0.5, 0.6) is 0 Å². The Morgan fingerprint density at radius 2 is 1.64 bits per heavy atom. The average Bonchev–Trinajstić information content (AvgIpc) is 2.30. The van der Waals surface area contributed by atoms with E-state index in [0.29, 0.717) is 0 Å². The molecule has 0 spiro atoms. The van der Waals surface area contributed by atoms with Crippen molar-refractivity contribution in [2.75, 3.05) is 0 Å². The first-order valence-electron chi connectivity index (χ1n) is 4.59. The van der Waals surface area contributed by atoms with Gasteiger partial charge in [-0.25, -0.2) is 0 Å². The lowest BCUT2D eigenvalue weighted by molar-refractivity contribution is 1.05. The smallest absolute Gasteiger partial charge is 0.0516 e. The third-order valence-electron chi connectivity index (χ3n) is 2.17. The molecule has 1 heterocycles. The van der Waals surface area contributed by atoms with Gasteiger partial charge in [-0.1, -0.05) is 36.4 Å². The van der Waals surface area contributed by atoms with Gasteiger partial charge in [0, 0.05) is 11.9 Å². The topological polar surface area (TPSA) is 12.9 Å². The van der Waals surface area contributed by atoms with E-state index in [2.05, 4.69) is 38.5 Å². The van der Waals surface area contributed by atoms with E-state index in [4.69, 9.17) is 0 Å². The van der Waals surface area contributed by atoms with Crippen LogP contribution in [0.2, 0.25) is 0 Å². The van der Waals surface area contributed by atoms with Crippen LogP contribution < -0.4 is 0 Å². The largest absolute Gasteiger partial charge is 0.260 e. The summed E-state index contributed by atoms with van der Waals surface area (Å²) in [6, 6.07) is 16.4. The van der Waals surface area contributed by atoms with Gasteiger partial charge in [0.1, 0.15) is 0 Å². The number of aromatic nitrogens is 1. The minimum atomic E-state index is 0.289. The van der Waals surface area contributed by atoms with Crippen molar-refractivity contribution >= 4 is 9.24 Å². The fraction of sp³-hybridized carbons (Fsp3) is 0.0833. The maximum absolute atomic E-state index is 4.33. The normalized spacial score (nSPS) is 12.4. The quantitative estimate of drug-likeness (QED) is 0.680. The second kappa shape index (κ2) is 4.34. The summed E-state index contributed by atoms with van der Waals surface area (Å²) in [6.45, 7) is 0. The minimum Gasteiger partial charge on any atom is -0.260 e. The maximum atomic E-state index is 4.33. The lowest BCUT2D eigenvalue weighted by Crippen LogP contribution is -1.94. The number of nitrogens with zero attached hydrogens (tertiary/aromatic N) is 1. The van der Waals surface area contributed by atoms with Crippen molar-refractivity contribution in [3.63, 3.8) is 0 Å². The highest BCUT2D eigenvalue weighted by molar-refractivity contribution is 7.17. The van der Waals surface area contributed by atoms with Crippen molar-refractivity contribution in [3.05, 3.63) is 66.0 Å². The highest BCUT2D eigenvalue weighted by Gasteiger charge is 2.07. The maximum Gasteiger partial charge on any atom is 0.0516 e. The summed E-state index contributed by atoms with van der Waals surface area (Å²) in [5.74, 6) is 0. The first kappa shape index (κ1) is 9.36. The lowest BCUT2D eigenvalue weighted by Gasteiger charge is -2.10. The van der Waals surface area contributed by atoms with Crippen LogP contribution in [0.3, 0.4) is 0 Å². The number of hydrogen-bond donors (Lipinski definition) is 0. The van der Waals surface area contributed by atoms with Gasteiger partial charge in [-0.05, 0) is 17.7 Å². The average molecular weight is 201 g/mol. The highest BCUT2D eigenvalue weighted by Crippen LogP contribution is 2.28. The van der Waals surface area contributed by atoms with Crippen LogP contribution in [0.15, 0.2) is 54.7 Å². The molecule has 0 aliphatic rings. The molecule has 2 rings (SSSR count). The Morgan fingerprint density at radius 1 is 0.929 bits per heavy atom. The number of pyridine rings is 1. The Bertz CT molecular complexity index is 346. The zero-order chi connectivity index (χ0) is 9.80. The zero-order valence-corrected chi connectivity index (χ0v) is 8.95. The van der Waals surface area contributed by atoms with Gasteiger partial charge in [-0.3, -0.25) is 4.98 Å². The molecule has 0 bridgehead atoms. The molecule has 70 valence electrons. The molecule has 0 fully saturated rings. The Kier molecular flexibility index (Phi) is 2.90. The van der Waals surface area contributed by atoms with Gasteiger partial charge in [-0.2, -0.15) is 0 Å². The molecule has 2 atom stereocenters. The van der Waals surface area contributed by atoms with Crippen molar-refractivity contribution in [1.29, 1.82) is 0 Å². The molecule has 2 heteroatoms. The molecule has 0 N–H and O–H groups in total. The molecule has 2 unspecified atom stereocenters. The van der Waals surface area contributed by atoms with Gasteiger partial charge < -0.3 is 0 Å². The zero-order valence-electron chi connectivity index (χ0n) is 7.80. The third-order valence-corrected chi connectivity index (χ3v) is 2.89. The van der Waals surface area contributed by atoms with Crippen molar-refractivity contribution in [2.24, 2.45) is 0 Å². The van der Waals surface area contributed by atoms with E-state index >= 15 is 0 Å². The van der Waals surface area contributed by atoms with Gasteiger partial charge in [-0.15, -0.1) is 9.24 Å². The summed E-state index contributed by atoms with van der Waals surface area (Å²) < 4.78 is 0. The summed E-state index contributed by atoms with van der Waals surface area (Å²) in [7, 11) is 2.82. The van der Waals surface area contributed by atoms with E-state index < -0.39 is 0 Å². The van der Waals surface area contributed by atoms with E-state index in [0.717, 1.165) is 5.69 Å². The van der Waals surface area contributed by atoms with Gasteiger partial charge in [0.05, 0.1) is 5.69 Å². The van der Waals surface area contributed by atoms with Crippen LogP contribution in [-0.4, -0.2) is 4.98 Å². The molecule has 0 radical (unpaired) electrons. The lowest BCUT2D eigenvalue weighted by atomic mass is 10.1. The molecule has 0 amide bonds. The van der Waals surface area contributed by atoms with Gasteiger partial charge in [0.2, 0.25) is 0 Å². The Morgan fingerprint density at radius 3 is 2.29 bits per heavy atom. The van der Waals surface area contributed by atoms with Gasteiger partial charge in [0.15, 0.2) is 0 Å². The molecule has 0 saturated carbocycles. The molecular formula is C12H12NP. The molecule has 1 aromatic heterocycles. The van der Waals surface area contributed by atoms with Crippen molar-refractivity contribution < 1.29 is 0 Å². The first-order valence-corrected chi connectivity index (χ1v) is 5.26. The predicted octanol–water partition coefficient (Wildman–Crippen LogP) is 3.05. The standard InChI is InChI=1S/C12H12NP/c14-12(10-6-2-1-3-7-10)11-8-4-5-9-13-11/h1-9,12H,14H2. The summed E-state index contributed by atoms with van der Waals surface area (Å²) in [6.07, 6.45) is 1.83. The predicted molar refractivity (Wildman–Crippen MR) is 62.2 cm³/mol. The monoisotopic (exact) mass is 201 g/mol. The van der Waals surface area contributed by atoms with Crippen LogP contribution in [0, 0.1) is 0 Å². The molecule has 1 nitrogen and oxygen atoms in total. The van der Waals surface area contributed by atoms with Crippen LogP contribution in [0.25, 0.3) is 0 Å². The molecule has 1 aromatic carbocycles. The Labute approximate surface area is 86.4 Å². The van der Waals surface area contributed by atoms with Crippen molar-refractivity contribution in [3.8, 4) is 0 Å².